The van der Waals surface area contributed by atoms with Gasteiger partial charge in [-0.2, -0.15) is 0 Å². The zero-order valence-electron chi connectivity index (χ0n) is 5.07. The monoisotopic (exact) mass is 190 g/mol. The summed E-state index contributed by atoms with van der Waals surface area (Å²) in [5, 5.41) is 8.87. The van der Waals surface area contributed by atoms with Gasteiger partial charge in [0.05, 0.1) is 0 Å². The molecule has 0 amide bonds. The Bertz CT molecular complexity index is 80.3. The van der Waals surface area contributed by atoms with Crippen LogP contribution in [0.2, 0.25) is 0 Å². The number of aliphatic hydroxyl groups is 1. The highest BCUT2D eigenvalue weighted by Gasteiger charge is 2.29. The summed E-state index contributed by atoms with van der Waals surface area (Å²) < 4.78 is 0. The van der Waals surface area contributed by atoms with Gasteiger partial charge in [0.1, 0.15) is 5.56 Å². The summed E-state index contributed by atoms with van der Waals surface area (Å²) in [5.41, 5.74) is -1.53. The van der Waals surface area contributed by atoms with Gasteiger partial charge in [-0.15, -0.1) is 23.2 Å². The second-order valence-corrected chi connectivity index (χ2v) is 3.21. The van der Waals surface area contributed by atoms with Crippen molar-refractivity contribution in [2.75, 3.05) is 11.8 Å². The molecule has 4 heteroatoms. The quantitative estimate of drug-likeness (QED) is 0.677. The second kappa shape index (κ2) is 3.87. The van der Waals surface area contributed by atoms with E-state index in [9.17, 15) is 0 Å². The standard InChI is InChI=1S/C5H9Cl3O/c1-5(2-6,3-7)4(8)9/h4,9H,2-3H2,1H3. The van der Waals surface area contributed by atoms with Crippen LogP contribution in [0.5, 0.6) is 0 Å². The maximum absolute atomic E-state index is 8.87. The maximum Gasteiger partial charge on any atom is 0.135 e. The molecule has 0 spiro atoms. The van der Waals surface area contributed by atoms with E-state index in [1.54, 1.807) is 6.92 Å². The summed E-state index contributed by atoms with van der Waals surface area (Å²) in [5.74, 6) is 0.530. The zero-order valence-corrected chi connectivity index (χ0v) is 7.34. The van der Waals surface area contributed by atoms with Gasteiger partial charge >= 0.3 is 0 Å². The van der Waals surface area contributed by atoms with Gasteiger partial charge in [-0.05, 0) is 0 Å². The molecule has 1 unspecified atom stereocenters. The number of hydrogen-bond acceptors (Lipinski definition) is 1. The normalized spacial score (nSPS) is 15.7. The molecule has 9 heavy (non-hydrogen) atoms. The van der Waals surface area contributed by atoms with Gasteiger partial charge in [0.25, 0.3) is 0 Å². The molecule has 56 valence electrons. The number of rotatable bonds is 3. The first-order chi connectivity index (χ1) is 4.06. The number of hydrogen-bond donors (Lipinski definition) is 1. The molecule has 1 N–H and O–H groups in total. The van der Waals surface area contributed by atoms with Crippen molar-refractivity contribution in [3.63, 3.8) is 0 Å². The molecular weight excluding hydrogens is 182 g/mol. The molecule has 0 bridgehead atoms. The Morgan fingerprint density at radius 2 is 1.78 bits per heavy atom. The number of aliphatic hydroxyl groups excluding tert-OH is 1. The van der Waals surface area contributed by atoms with Crippen LogP contribution in [0.4, 0.5) is 0 Å². The summed E-state index contributed by atoms with van der Waals surface area (Å²) in [6.45, 7) is 1.73. The van der Waals surface area contributed by atoms with Crippen LogP contribution in [0.3, 0.4) is 0 Å². The van der Waals surface area contributed by atoms with E-state index in [-0.39, 0.29) is 11.8 Å². The molecule has 0 fully saturated rings. The molecule has 0 aromatic heterocycles. The van der Waals surface area contributed by atoms with Crippen LogP contribution in [-0.2, 0) is 0 Å². The molecule has 0 aliphatic rings. The average molecular weight is 191 g/mol. The molecule has 0 aliphatic carbocycles. The topological polar surface area (TPSA) is 20.2 Å². The third kappa shape index (κ3) is 2.50. The van der Waals surface area contributed by atoms with Gasteiger partial charge in [0, 0.05) is 17.2 Å². The molecule has 0 saturated heterocycles. The largest absolute Gasteiger partial charge is 0.377 e. The van der Waals surface area contributed by atoms with Crippen LogP contribution in [0.1, 0.15) is 6.92 Å². The minimum absolute atomic E-state index is 0.265. The molecule has 1 atom stereocenters. The van der Waals surface area contributed by atoms with E-state index < -0.39 is 11.0 Å². The Kier molecular flexibility index (Phi) is 4.22. The highest BCUT2D eigenvalue weighted by atomic mass is 35.5. The molecule has 0 saturated carbocycles. The van der Waals surface area contributed by atoms with Crippen molar-refractivity contribution in [2.45, 2.75) is 12.5 Å². The average Bonchev–Trinajstić information content (AvgIpc) is 1.86. The molecule has 0 aromatic carbocycles. The summed E-state index contributed by atoms with van der Waals surface area (Å²) in [4.78, 5) is 0. The highest BCUT2D eigenvalue weighted by molar-refractivity contribution is 6.24. The summed E-state index contributed by atoms with van der Waals surface area (Å²) in [7, 11) is 0. The van der Waals surface area contributed by atoms with Gasteiger partial charge in [-0.1, -0.05) is 18.5 Å². The smallest absolute Gasteiger partial charge is 0.135 e. The van der Waals surface area contributed by atoms with Crippen molar-refractivity contribution in [2.24, 2.45) is 5.41 Å². The molecule has 0 radical (unpaired) electrons. The molecular formula is C5H9Cl3O. The Hall–Kier alpha value is 0.830. The lowest BCUT2D eigenvalue weighted by Crippen LogP contribution is -2.31. The van der Waals surface area contributed by atoms with Gasteiger partial charge in [-0.3, -0.25) is 0 Å². The van der Waals surface area contributed by atoms with Crippen LogP contribution in [0.25, 0.3) is 0 Å². The van der Waals surface area contributed by atoms with Gasteiger partial charge < -0.3 is 5.11 Å². The van der Waals surface area contributed by atoms with E-state index in [1.807, 2.05) is 0 Å². The Morgan fingerprint density at radius 3 is 1.78 bits per heavy atom. The van der Waals surface area contributed by atoms with Gasteiger partial charge in [0.15, 0.2) is 0 Å². The summed E-state index contributed by atoms with van der Waals surface area (Å²) >= 11 is 16.3. The molecule has 0 aliphatic heterocycles. The van der Waals surface area contributed by atoms with Crippen molar-refractivity contribution in [3.05, 3.63) is 0 Å². The number of halogens is 3. The van der Waals surface area contributed by atoms with Crippen molar-refractivity contribution in [3.8, 4) is 0 Å². The van der Waals surface area contributed by atoms with Gasteiger partial charge in [-0.25, -0.2) is 0 Å². The Morgan fingerprint density at radius 1 is 1.44 bits per heavy atom. The van der Waals surface area contributed by atoms with E-state index in [2.05, 4.69) is 0 Å². The molecule has 0 aromatic rings. The zero-order chi connectivity index (χ0) is 7.49. The lowest BCUT2D eigenvalue weighted by molar-refractivity contribution is 0.141. The van der Waals surface area contributed by atoms with Crippen LogP contribution >= 0.6 is 34.8 Å². The van der Waals surface area contributed by atoms with Crippen molar-refractivity contribution >= 4 is 34.8 Å². The Balaban J connectivity index is 3.92. The van der Waals surface area contributed by atoms with E-state index >= 15 is 0 Å². The van der Waals surface area contributed by atoms with E-state index in [1.165, 1.54) is 0 Å². The van der Waals surface area contributed by atoms with Gasteiger partial charge in [0.2, 0.25) is 0 Å². The minimum Gasteiger partial charge on any atom is -0.377 e. The van der Waals surface area contributed by atoms with Crippen molar-refractivity contribution < 1.29 is 5.11 Å². The van der Waals surface area contributed by atoms with Crippen molar-refractivity contribution in [1.29, 1.82) is 0 Å². The van der Waals surface area contributed by atoms with E-state index in [0.29, 0.717) is 0 Å². The van der Waals surface area contributed by atoms with E-state index in [0.717, 1.165) is 0 Å². The second-order valence-electron chi connectivity index (χ2n) is 2.26. The first-order valence-electron chi connectivity index (χ1n) is 2.51. The third-order valence-corrected chi connectivity index (χ3v) is 2.93. The fourth-order valence-corrected chi connectivity index (χ4v) is 1.05. The minimum atomic E-state index is -0.965. The molecule has 0 rings (SSSR count). The lowest BCUT2D eigenvalue weighted by Gasteiger charge is -2.25. The lowest BCUT2D eigenvalue weighted by atomic mass is 9.97. The Labute approximate surface area is 69.9 Å². The van der Waals surface area contributed by atoms with Crippen LogP contribution in [0.15, 0.2) is 0 Å². The van der Waals surface area contributed by atoms with Crippen LogP contribution in [-0.4, -0.2) is 22.4 Å². The highest BCUT2D eigenvalue weighted by Crippen LogP contribution is 2.27. The fourth-order valence-electron chi connectivity index (χ4n) is 0.163. The molecule has 0 heterocycles. The first kappa shape index (κ1) is 9.83. The van der Waals surface area contributed by atoms with Crippen LogP contribution in [0, 0.1) is 5.41 Å². The first-order valence-corrected chi connectivity index (χ1v) is 4.01. The SMILES string of the molecule is CC(CCl)(CCl)C(O)Cl. The summed E-state index contributed by atoms with van der Waals surface area (Å²) in [6.07, 6.45) is 0. The third-order valence-electron chi connectivity index (χ3n) is 1.19. The summed E-state index contributed by atoms with van der Waals surface area (Å²) in [6, 6.07) is 0. The predicted octanol–water partition coefficient (Wildman–Crippen LogP) is 2.03. The predicted molar refractivity (Wildman–Crippen MR) is 41.4 cm³/mol. The molecule has 1 nitrogen and oxygen atoms in total. The maximum atomic E-state index is 8.87. The van der Waals surface area contributed by atoms with Crippen molar-refractivity contribution in [1.82, 2.24) is 0 Å². The van der Waals surface area contributed by atoms with Crippen LogP contribution < -0.4 is 0 Å². The fraction of sp³-hybridized carbons (Fsp3) is 1.00. The van der Waals surface area contributed by atoms with E-state index in [4.69, 9.17) is 39.9 Å². The number of alkyl halides is 3.